The topological polar surface area (TPSA) is 43.9 Å². The Hall–Kier alpha value is -0.776. The molecule has 2 fully saturated rings. The molecule has 2 aliphatic rings. The predicted octanol–water partition coefficient (Wildman–Crippen LogP) is 1.29. The van der Waals surface area contributed by atoms with Gasteiger partial charge in [-0.3, -0.25) is 9.69 Å². The van der Waals surface area contributed by atoms with E-state index in [9.17, 15) is 9.59 Å². The van der Waals surface area contributed by atoms with Crippen LogP contribution in [0.25, 0.3) is 0 Å². The summed E-state index contributed by atoms with van der Waals surface area (Å²) in [6, 6.07) is 10.9. The Morgan fingerprint density at radius 1 is 1.04 bits per heavy atom. The van der Waals surface area contributed by atoms with Crippen LogP contribution in [0.4, 0.5) is 0 Å². The first-order chi connectivity index (χ1) is 11.8. The van der Waals surface area contributed by atoms with Crippen molar-refractivity contribution < 1.29 is 42.3 Å². The first-order valence-corrected chi connectivity index (χ1v) is 8.95. The number of rotatable bonds is 7. The van der Waals surface area contributed by atoms with Crippen LogP contribution in [-0.2, 0) is 48.7 Å². The van der Waals surface area contributed by atoms with Crippen molar-refractivity contribution in [3.05, 3.63) is 35.9 Å². The van der Waals surface area contributed by atoms with Gasteiger partial charge in [-0.2, -0.15) is 6.41 Å². The number of carbonyl (C=O) groups is 1. The van der Waals surface area contributed by atoms with Gasteiger partial charge in [-0.15, -0.1) is 0 Å². The molecule has 2 saturated heterocycles. The van der Waals surface area contributed by atoms with Crippen LogP contribution in [0, 0.1) is 0 Å². The van der Waals surface area contributed by atoms with Crippen LogP contribution in [0.15, 0.2) is 30.3 Å². The smallest absolute Gasteiger partial charge is 0.222 e. The van der Waals surface area contributed by atoms with Crippen LogP contribution < -0.4 is 0 Å². The minimum Gasteiger partial charge on any atom is -0.520 e. The number of unbranched alkanes of at least 4 members (excludes halogenated alkanes) is 1. The van der Waals surface area contributed by atoms with Gasteiger partial charge in [-0.05, 0) is 24.8 Å². The molecule has 6 heteroatoms. The Bertz CT molecular complexity index is 541. The van der Waals surface area contributed by atoms with Crippen molar-refractivity contribution in [2.75, 3.05) is 39.3 Å². The fourth-order valence-electron chi connectivity index (χ4n) is 3.48. The van der Waals surface area contributed by atoms with Crippen molar-refractivity contribution in [3.63, 3.8) is 0 Å². The molecule has 0 spiro atoms. The van der Waals surface area contributed by atoms with E-state index in [0.29, 0.717) is 18.4 Å². The predicted molar refractivity (Wildman–Crippen MR) is 93.2 cm³/mol. The summed E-state index contributed by atoms with van der Waals surface area (Å²) in [5.74, 6) is 0.291. The van der Waals surface area contributed by atoms with Crippen molar-refractivity contribution in [2.24, 2.45) is 0 Å². The van der Waals surface area contributed by atoms with Gasteiger partial charge in [-0.1, -0.05) is 30.3 Å². The van der Waals surface area contributed by atoms with Crippen molar-refractivity contribution in [1.82, 2.24) is 14.7 Å². The second-order valence-corrected chi connectivity index (χ2v) is 6.76. The Morgan fingerprint density at radius 2 is 1.72 bits per heavy atom. The standard InChI is InChI=1S/C19H26N3O2.Y/c23-16-20-10-12-21(13-11-20)18-14-22(15-18)19(24)9-5-4-8-17-6-2-1-3-7-17;/h1-3,6-7,18H,4-5,8-15H2;/q-1;. The van der Waals surface area contributed by atoms with Gasteiger partial charge in [0.15, 0.2) is 0 Å². The molecular formula is C19H26N3O2Y-. The average Bonchev–Trinajstić information content (AvgIpc) is 2.59. The Labute approximate surface area is 175 Å². The van der Waals surface area contributed by atoms with Crippen LogP contribution in [0.3, 0.4) is 0 Å². The van der Waals surface area contributed by atoms with Gasteiger partial charge in [0, 0.05) is 84.4 Å². The molecule has 0 bridgehead atoms. The summed E-state index contributed by atoms with van der Waals surface area (Å²) in [5.41, 5.74) is 1.35. The minimum atomic E-state index is 0. The molecule has 0 aromatic heterocycles. The third-order valence-electron chi connectivity index (χ3n) is 5.12. The number of hydrogen-bond acceptors (Lipinski definition) is 3. The normalized spacial score (nSPS) is 18.4. The van der Waals surface area contributed by atoms with E-state index in [1.165, 1.54) is 5.56 Å². The Balaban J connectivity index is 0.00000225. The zero-order valence-electron chi connectivity index (χ0n) is 14.8. The van der Waals surface area contributed by atoms with E-state index in [0.717, 1.165) is 58.5 Å². The number of nitrogens with zero attached hydrogens (tertiary/aromatic N) is 3. The van der Waals surface area contributed by atoms with Crippen molar-refractivity contribution in [1.29, 1.82) is 0 Å². The number of carbonyl (C=O) groups excluding carboxylic acids is 2. The number of likely N-dealkylation sites (tertiary alicyclic amines) is 1. The molecule has 0 atom stereocenters. The van der Waals surface area contributed by atoms with Crippen molar-refractivity contribution >= 4 is 12.3 Å². The molecule has 0 unspecified atom stereocenters. The third-order valence-corrected chi connectivity index (χ3v) is 5.12. The molecule has 2 heterocycles. The molecule has 5 nitrogen and oxygen atoms in total. The van der Waals surface area contributed by atoms with Gasteiger partial charge in [0.2, 0.25) is 5.91 Å². The Morgan fingerprint density at radius 3 is 2.36 bits per heavy atom. The first-order valence-electron chi connectivity index (χ1n) is 8.95. The van der Waals surface area contributed by atoms with Crippen molar-refractivity contribution in [3.8, 4) is 0 Å². The van der Waals surface area contributed by atoms with Gasteiger partial charge in [0.25, 0.3) is 0 Å². The number of aryl methyl sites for hydroxylation is 1. The molecule has 3 rings (SSSR count). The number of benzene rings is 1. The van der Waals surface area contributed by atoms with Crippen LogP contribution in [-0.4, -0.2) is 72.3 Å². The maximum Gasteiger partial charge on any atom is 0.222 e. The summed E-state index contributed by atoms with van der Waals surface area (Å²) in [4.78, 5) is 28.9. The van der Waals surface area contributed by atoms with Crippen LogP contribution in [0.2, 0.25) is 0 Å². The summed E-state index contributed by atoms with van der Waals surface area (Å²) in [6.45, 7) is 5.02. The molecule has 0 saturated carbocycles. The molecule has 1 radical (unpaired) electrons. The quantitative estimate of drug-likeness (QED) is 0.496. The molecule has 0 aliphatic carbocycles. The molecular weight excluding hydrogens is 391 g/mol. The SMILES string of the molecule is O=[C-]N1CCN(C2CN(C(=O)CCCCc3ccccc3)C2)CC1.[Y]. The van der Waals surface area contributed by atoms with Gasteiger partial charge < -0.3 is 14.6 Å². The summed E-state index contributed by atoms with van der Waals surface area (Å²) in [6.07, 6.45) is 5.70. The summed E-state index contributed by atoms with van der Waals surface area (Å²) in [7, 11) is 0. The zero-order valence-corrected chi connectivity index (χ0v) is 17.6. The molecule has 2 aliphatic heterocycles. The van der Waals surface area contributed by atoms with Crippen LogP contribution >= 0.6 is 0 Å². The zero-order chi connectivity index (χ0) is 16.8. The number of piperazine rings is 1. The molecule has 1 aromatic rings. The van der Waals surface area contributed by atoms with Gasteiger partial charge in [0.1, 0.15) is 0 Å². The maximum absolute atomic E-state index is 12.2. The third kappa shape index (κ3) is 5.87. The summed E-state index contributed by atoms with van der Waals surface area (Å²) < 4.78 is 0. The van der Waals surface area contributed by atoms with E-state index in [-0.39, 0.29) is 32.7 Å². The molecule has 1 aromatic carbocycles. The summed E-state index contributed by atoms with van der Waals surface area (Å²) >= 11 is 0. The first kappa shape index (κ1) is 20.5. The maximum atomic E-state index is 12.2. The van der Waals surface area contributed by atoms with E-state index in [1.807, 2.05) is 17.4 Å². The molecule has 133 valence electrons. The van der Waals surface area contributed by atoms with Crippen LogP contribution in [0.5, 0.6) is 0 Å². The monoisotopic (exact) mass is 417 g/mol. The largest absolute Gasteiger partial charge is 0.520 e. The second-order valence-electron chi connectivity index (χ2n) is 6.76. The Kier molecular flexibility index (Phi) is 8.54. The minimum absolute atomic E-state index is 0. The molecule has 0 N–H and O–H groups in total. The average molecular weight is 417 g/mol. The van der Waals surface area contributed by atoms with Gasteiger partial charge in [-0.25, -0.2) is 0 Å². The van der Waals surface area contributed by atoms with E-state index < -0.39 is 0 Å². The molecule has 25 heavy (non-hydrogen) atoms. The van der Waals surface area contributed by atoms with Gasteiger partial charge >= 0.3 is 0 Å². The van der Waals surface area contributed by atoms with Crippen molar-refractivity contribution in [2.45, 2.75) is 31.7 Å². The summed E-state index contributed by atoms with van der Waals surface area (Å²) in [5, 5.41) is 0. The number of hydrogen-bond donors (Lipinski definition) is 0. The fraction of sp³-hybridized carbons (Fsp3) is 0.579. The van der Waals surface area contributed by atoms with Crippen LogP contribution in [0.1, 0.15) is 24.8 Å². The number of amides is 2. The second kappa shape index (κ2) is 10.4. The van der Waals surface area contributed by atoms with E-state index in [1.54, 1.807) is 4.90 Å². The van der Waals surface area contributed by atoms with E-state index >= 15 is 0 Å². The van der Waals surface area contributed by atoms with E-state index in [4.69, 9.17) is 0 Å². The van der Waals surface area contributed by atoms with E-state index in [2.05, 4.69) is 29.2 Å². The van der Waals surface area contributed by atoms with Gasteiger partial charge in [0.05, 0.1) is 0 Å². The molecule has 2 amide bonds. The fourth-order valence-corrected chi connectivity index (χ4v) is 3.48.